The van der Waals surface area contributed by atoms with Gasteiger partial charge in [0.05, 0.1) is 27.7 Å². The third kappa shape index (κ3) is 11.7. The second kappa shape index (κ2) is 6.41. The highest BCUT2D eigenvalue weighted by atomic mass is 32.2. The van der Waals surface area contributed by atoms with E-state index in [4.69, 9.17) is 0 Å². The number of sulfonamides is 1. The second-order valence-electron chi connectivity index (χ2n) is 4.36. The molecule has 2 N–H and O–H groups in total. The van der Waals surface area contributed by atoms with Gasteiger partial charge in [0.2, 0.25) is 0 Å². The van der Waals surface area contributed by atoms with Crippen molar-refractivity contribution in [3.63, 3.8) is 0 Å². The lowest BCUT2D eigenvalue weighted by Gasteiger charge is -2.23. The van der Waals surface area contributed by atoms with E-state index in [2.05, 4.69) is 33.2 Å². The van der Waals surface area contributed by atoms with Gasteiger partial charge in [0, 0.05) is 0 Å². The third-order valence-corrected chi connectivity index (χ3v) is 2.15. The summed E-state index contributed by atoms with van der Waals surface area (Å²) >= 11 is 0. The summed E-state index contributed by atoms with van der Waals surface area (Å²) < 4.78 is 52.3. The van der Waals surface area contributed by atoms with Crippen LogP contribution in [-0.4, -0.2) is 46.1 Å². The van der Waals surface area contributed by atoms with Crippen LogP contribution < -0.4 is 5.14 Å². The van der Waals surface area contributed by atoms with E-state index in [1.54, 1.807) is 0 Å². The first-order valence-electron chi connectivity index (χ1n) is 4.71. The van der Waals surface area contributed by atoms with Crippen molar-refractivity contribution in [3.05, 3.63) is 0 Å². The number of nitrogens with two attached hydrogens (primary N) is 1. The molecule has 0 amide bonds. The van der Waals surface area contributed by atoms with Gasteiger partial charge in [-0.1, -0.05) is 13.3 Å². The number of hydrogen-bond donors (Lipinski definition) is 1. The van der Waals surface area contributed by atoms with Crippen molar-refractivity contribution >= 4 is 10.0 Å². The lowest BCUT2D eigenvalue weighted by Crippen LogP contribution is -2.35. The van der Waals surface area contributed by atoms with Crippen molar-refractivity contribution in [2.75, 3.05) is 27.7 Å². The van der Waals surface area contributed by atoms with Crippen LogP contribution >= 0.6 is 0 Å². The highest BCUT2D eigenvalue weighted by Crippen LogP contribution is 2.18. The molecule has 0 spiro atoms. The summed E-state index contributed by atoms with van der Waals surface area (Å²) in [6.45, 7) is 3.53. The quantitative estimate of drug-likeness (QED) is 0.782. The van der Waals surface area contributed by atoms with Gasteiger partial charge in [-0.2, -0.15) is 13.2 Å². The fourth-order valence-electron chi connectivity index (χ4n) is 0.632. The van der Waals surface area contributed by atoms with E-state index in [0.717, 1.165) is 4.48 Å². The fourth-order valence-corrected chi connectivity index (χ4v) is 0.632. The molecule has 0 aromatic carbocycles. The molecule has 0 aliphatic heterocycles. The Morgan fingerprint density at radius 3 is 1.56 bits per heavy atom. The normalized spacial score (nSPS) is 13.0. The Morgan fingerprint density at radius 1 is 1.19 bits per heavy atom. The van der Waals surface area contributed by atoms with Gasteiger partial charge in [-0.3, -0.25) is 0 Å². The maximum atomic E-state index is 10.8. The summed E-state index contributed by atoms with van der Waals surface area (Å²) in [5.41, 5.74) is -5.31. The molecule has 0 aliphatic rings. The highest BCUT2D eigenvalue weighted by Gasteiger charge is 2.42. The van der Waals surface area contributed by atoms with Gasteiger partial charge in [0.15, 0.2) is 0 Å². The predicted octanol–water partition coefficient (Wildman–Crippen LogP) is 1.29. The van der Waals surface area contributed by atoms with Crippen molar-refractivity contribution < 1.29 is 26.1 Å². The minimum atomic E-state index is -5.34. The van der Waals surface area contributed by atoms with Gasteiger partial charge >= 0.3 is 15.5 Å². The molecular weight excluding hydrogens is 245 g/mol. The summed E-state index contributed by atoms with van der Waals surface area (Å²) in [5, 5.41) is 3.66. The van der Waals surface area contributed by atoms with Crippen molar-refractivity contribution in [2.45, 2.75) is 25.3 Å². The Balaban J connectivity index is 0. The molecule has 0 aliphatic carbocycles. The second-order valence-corrected chi connectivity index (χ2v) is 5.91. The van der Waals surface area contributed by atoms with Crippen molar-refractivity contribution in [1.29, 1.82) is 0 Å². The molecule has 0 bridgehead atoms. The van der Waals surface area contributed by atoms with Crippen LogP contribution in [0.4, 0.5) is 13.2 Å². The largest absolute Gasteiger partial charge is 0.511 e. The standard InChI is InChI=1S/C7H18N.CH2F3NO2S/c1-5-6-7-8(2,3)4;2-1(3,4)8(5,6)7/h5-7H2,1-4H3;(H2,5,6,7)/q+1;. The predicted molar refractivity (Wildman–Crippen MR) is 57.0 cm³/mol. The zero-order valence-electron chi connectivity index (χ0n) is 10.0. The molecule has 16 heavy (non-hydrogen) atoms. The van der Waals surface area contributed by atoms with E-state index in [-0.39, 0.29) is 0 Å². The highest BCUT2D eigenvalue weighted by molar-refractivity contribution is 7.90. The Labute approximate surface area is 94.9 Å². The Hall–Kier alpha value is -0.340. The van der Waals surface area contributed by atoms with E-state index < -0.39 is 15.5 Å². The van der Waals surface area contributed by atoms with E-state index >= 15 is 0 Å². The maximum absolute atomic E-state index is 10.8. The Kier molecular flexibility index (Phi) is 7.22. The number of primary sulfonamides is 1. The fraction of sp³-hybridized carbons (Fsp3) is 1.00. The summed E-state index contributed by atoms with van der Waals surface area (Å²) in [5.74, 6) is 0. The Morgan fingerprint density at radius 2 is 1.50 bits per heavy atom. The molecule has 100 valence electrons. The van der Waals surface area contributed by atoms with Crippen LogP contribution in [0.15, 0.2) is 0 Å². The van der Waals surface area contributed by atoms with E-state index in [1.807, 2.05) is 0 Å². The summed E-state index contributed by atoms with van der Waals surface area (Å²) in [7, 11) is 1.36. The van der Waals surface area contributed by atoms with E-state index in [0.29, 0.717) is 0 Å². The molecule has 0 fully saturated rings. The van der Waals surface area contributed by atoms with Gasteiger partial charge in [-0.25, -0.2) is 13.6 Å². The average molecular weight is 265 g/mol. The molecule has 0 heterocycles. The van der Waals surface area contributed by atoms with Crippen molar-refractivity contribution in [2.24, 2.45) is 5.14 Å². The molecule has 0 atom stereocenters. The maximum Gasteiger partial charge on any atom is 0.511 e. The number of rotatable bonds is 3. The minimum absolute atomic E-state index is 1.10. The first kappa shape index (κ1) is 18.0. The van der Waals surface area contributed by atoms with Crippen LogP contribution in [-0.2, 0) is 10.0 Å². The number of alkyl halides is 3. The average Bonchev–Trinajstić information content (AvgIpc) is 1.96. The smallest absolute Gasteiger partial charge is 0.331 e. The van der Waals surface area contributed by atoms with Crippen LogP contribution in [0.5, 0.6) is 0 Å². The molecule has 0 unspecified atom stereocenters. The van der Waals surface area contributed by atoms with E-state index in [1.165, 1.54) is 19.4 Å². The molecule has 0 aromatic heterocycles. The summed E-state index contributed by atoms with van der Waals surface area (Å²) in [4.78, 5) is 0. The van der Waals surface area contributed by atoms with Crippen LogP contribution in [0.2, 0.25) is 0 Å². The van der Waals surface area contributed by atoms with Crippen molar-refractivity contribution in [1.82, 2.24) is 0 Å². The van der Waals surface area contributed by atoms with Gasteiger partial charge < -0.3 is 4.48 Å². The minimum Gasteiger partial charge on any atom is -0.331 e. The lowest BCUT2D eigenvalue weighted by atomic mass is 10.3. The molecule has 0 rings (SSSR count). The zero-order valence-corrected chi connectivity index (χ0v) is 10.8. The zero-order chi connectivity index (χ0) is 13.6. The first-order chi connectivity index (χ1) is 6.81. The van der Waals surface area contributed by atoms with Crippen LogP contribution in [0.3, 0.4) is 0 Å². The van der Waals surface area contributed by atoms with Gasteiger partial charge in [0.1, 0.15) is 0 Å². The molecule has 4 nitrogen and oxygen atoms in total. The van der Waals surface area contributed by atoms with Crippen LogP contribution in [0, 0.1) is 0 Å². The van der Waals surface area contributed by atoms with Crippen LogP contribution in [0.25, 0.3) is 0 Å². The lowest BCUT2D eigenvalue weighted by molar-refractivity contribution is -0.870. The topological polar surface area (TPSA) is 60.2 Å². The molecule has 8 heteroatoms. The summed E-state index contributed by atoms with van der Waals surface area (Å²) in [6, 6.07) is 0. The van der Waals surface area contributed by atoms with Crippen molar-refractivity contribution in [3.8, 4) is 0 Å². The van der Waals surface area contributed by atoms with E-state index in [9.17, 15) is 21.6 Å². The number of unbranched alkanes of at least 4 members (excludes halogenated alkanes) is 1. The SMILES string of the molecule is CCCC[N+](C)(C)C.NS(=O)(=O)C(F)(F)F. The molecule has 0 saturated carbocycles. The monoisotopic (exact) mass is 265 g/mol. The molecule has 0 radical (unpaired) electrons. The molecule has 0 aromatic rings. The van der Waals surface area contributed by atoms with Gasteiger partial charge in [0.25, 0.3) is 0 Å². The number of halogens is 3. The molecular formula is C8H20F3N2O2S+. The number of quaternary nitrogens is 1. The van der Waals surface area contributed by atoms with Gasteiger partial charge in [-0.15, -0.1) is 0 Å². The number of nitrogens with zero attached hydrogens (tertiary/aromatic N) is 1. The van der Waals surface area contributed by atoms with Crippen LogP contribution in [0.1, 0.15) is 19.8 Å². The van der Waals surface area contributed by atoms with Gasteiger partial charge in [-0.05, 0) is 6.42 Å². The third-order valence-electron chi connectivity index (χ3n) is 1.51. The first-order valence-corrected chi connectivity index (χ1v) is 6.25. The number of hydrogen-bond acceptors (Lipinski definition) is 2. The Bertz CT molecular complexity index is 281. The molecule has 0 saturated heterocycles. The summed E-state index contributed by atoms with van der Waals surface area (Å²) in [6.07, 6.45) is 2.67.